The highest BCUT2D eigenvalue weighted by atomic mass is 35.5. The molecule has 7 rings (SSSR count). The van der Waals surface area contributed by atoms with Gasteiger partial charge in [0.05, 0.1) is 34.4 Å². The van der Waals surface area contributed by atoms with Crippen LogP contribution in [0, 0.1) is 11.2 Å². The van der Waals surface area contributed by atoms with Gasteiger partial charge in [0.25, 0.3) is 0 Å². The largest absolute Gasteiger partial charge is 0.490 e. The molecule has 4 saturated carbocycles. The summed E-state index contributed by atoms with van der Waals surface area (Å²) in [5.41, 5.74) is 1.76. The molecule has 38 heavy (non-hydrogen) atoms. The monoisotopic (exact) mass is 560 g/mol. The van der Waals surface area contributed by atoms with Crippen molar-refractivity contribution in [3.8, 4) is 17.0 Å². The summed E-state index contributed by atoms with van der Waals surface area (Å²) in [6.45, 7) is 0.761. The number of aromatic nitrogens is 2. The molecule has 2 aromatic heterocycles. The zero-order valence-electron chi connectivity index (χ0n) is 20.6. The molecule has 2 heterocycles. The summed E-state index contributed by atoms with van der Waals surface area (Å²) in [7, 11) is 0. The Kier molecular flexibility index (Phi) is 6.61. The second-order valence-corrected chi connectivity index (χ2v) is 11.7. The van der Waals surface area contributed by atoms with E-state index in [2.05, 4.69) is 10.1 Å². The van der Waals surface area contributed by atoms with Crippen molar-refractivity contribution in [2.24, 2.45) is 5.41 Å². The van der Waals surface area contributed by atoms with E-state index in [4.69, 9.17) is 42.3 Å². The van der Waals surface area contributed by atoms with Crippen LogP contribution < -0.4 is 4.74 Å². The summed E-state index contributed by atoms with van der Waals surface area (Å²) in [5, 5.41) is 14.2. The Labute approximate surface area is 229 Å². The molecule has 200 valence electrons. The van der Waals surface area contributed by atoms with Crippen molar-refractivity contribution in [2.75, 3.05) is 6.61 Å². The van der Waals surface area contributed by atoms with E-state index < -0.39 is 11.8 Å². The van der Waals surface area contributed by atoms with Crippen molar-refractivity contribution >= 4 is 29.2 Å². The van der Waals surface area contributed by atoms with Gasteiger partial charge in [-0.05, 0) is 69.6 Å². The zero-order chi connectivity index (χ0) is 26.5. The zero-order valence-corrected chi connectivity index (χ0v) is 22.2. The van der Waals surface area contributed by atoms with Gasteiger partial charge in [0.2, 0.25) is 0 Å². The molecule has 4 aliphatic rings. The number of hydrogen-bond acceptors (Lipinski definition) is 6. The maximum atomic E-state index is 14.4. The Balaban J connectivity index is 1.13. The van der Waals surface area contributed by atoms with Crippen LogP contribution in [0.5, 0.6) is 5.75 Å². The number of carboxylic acid groups (broad SMARTS) is 1. The van der Waals surface area contributed by atoms with Crippen molar-refractivity contribution < 1.29 is 28.3 Å². The predicted molar refractivity (Wildman–Crippen MR) is 138 cm³/mol. The average Bonchev–Trinajstić information content (AvgIpc) is 3.68. The minimum atomic E-state index is -1.17. The lowest BCUT2D eigenvalue weighted by Gasteiger charge is -2.52. The van der Waals surface area contributed by atoms with Gasteiger partial charge in [-0.25, -0.2) is 9.18 Å². The van der Waals surface area contributed by atoms with Crippen molar-refractivity contribution in [3.05, 3.63) is 63.3 Å². The minimum Gasteiger partial charge on any atom is -0.490 e. The van der Waals surface area contributed by atoms with E-state index in [1.165, 1.54) is 12.1 Å². The third-order valence-electron chi connectivity index (χ3n) is 8.43. The molecule has 0 spiro atoms. The highest BCUT2D eigenvalue weighted by molar-refractivity contribution is 6.38. The number of ether oxygens (including phenoxy) is 2. The molecule has 7 nitrogen and oxygen atoms in total. The van der Waals surface area contributed by atoms with E-state index in [1.807, 2.05) is 0 Å². The van der Waals surface area contributed by atoms with Gasteiger partial charge in [-0.15, -0.1) is 0 Å². The number of pyridine rings is 1. The molecule has 1 aromatic carbocycles. The van der Waals surface area contributed by atoms with Gasteiger partial charge in [-0.3, -0.25) is 4.98 Å². The second-order valence-electron chi connectivity index (χ2n) is 10.8. The highest BCUT2D eigenvalue weighted by Gasteiger charge is 2.50. The number of aromatic carboxylic acids is 1. The third-order valence-corrected chi connectivity index (χ3v) is 9.00. The number of carbonyl (C=O) groups is 1. The quantitative estimate of drug-likeness (QED) is 0.290. The summed E-state index contributed by atoms with van der Waals surface area (Å²) in [6, 6.07) is 3.75. The molecular weight excluding hydrogens is 534 g/mol. The van der Waals surface area contributed by atoms with E-state index in [0.717, 1.165) is 68.8 Å². The fraction of sp³-hybridized carbons (Fsp3) is 0.464. The van der Waals surface area contributed by atoms with Crippen LogP contribution in [0.2, 0.25) is 10.0 Å². The number of benzene rings is 1. The first-order chi connectivity index (χ1) is 18.3. The number of nitrogens with zero attached hydrogens (tertiary/aromatic N) is 2. The van der Waals surface area contributed by atoms with E-state index in [9.17, 15) is 9.18 Å². The highest BCUT2D eigenvalue weighted by Crippen LogP contribution is 2.55. The fourth-order valence-corrected chi connectivity index (χ4v) is 6.37. The molecule has 0 unspecified atom stereocenters. The Bertz CT molecular complexity index is 1340. The summed E-state index contributed by atoms with van der Waals surface area (Å²) in [6.07, 6.45) is 10.6. The number of halogens is 3. The minimum absolute atomic E-state index is 0.0390. The molecule has 10 heteroatoms. The molecule has 0 radical (unpaired) electrons. The fourth-order valence-electron chi connectivity index (χ4n) is 5.83. The molecule has 0 amide bonds. The molecule has 4 fully saturated rings. The molecular formula is C28H27Cl2FN2O5. The van der Waals surface area contributed by atoms with Crippen LogP contribution in [-0.2, 0) is 11.3 Å². The average molecular weight is 561 g/mol. The molecule has 4 aliphatic carbocycles. The maximum absolute atomic E-state index is 14.4. The molecule has 2 bridgehead atoms. The van der Waals surface area contributed by atoms with Gasteiger partial charge in [0, 0.05) is 34.9 Å². The number of hydrogen-bond donors (Lipinski definition) is 1. The second kappa shape index (κ2) is 9.81. The van der Waals surface area contributed by atoms with E-state index in [1.54, 1.807) is 12.4 Å². The van der Waals surface area contributed by atoms with Crippen molar-refractivity contribution in [1.82, 2.24) is 10.1 Å². The third kappa shape index (κ3) is 4.78. The van der Waals surface area contributed by atoms with Crippen molar-refractivity contribution in [2.45, 2.75) is 69.5 Å². The summed E-state index contributed by atoms with van der Waals surface area (Å²) in [5.74, 6) is -0.538. The van der Waals surface area contributed by atoms with Crippen LogP contribution in [0.4, 0.5) is 4.39 Å². The van der Waals surface area contributed by atoms with Gasteiger partial charge in [0.1, 0.15) is 11.5 Å². The lowest BCUT2D eigenvalue weighted by molar-refractivity contribution is -0.150. The SMILES string of the molecule is O=C(O)c1ccc(OCC23CCC(OCc4c(-c5c(Cl)cncc5Cl)noc4C4CC4)(CC2)CC3)c(F)c1. The number of fused-ring (bicyclic) bond motifs is 3. The predicted octanol–water partition coefficient (Wildman–Crippen LogP) is 7.45. The first kappa shape index (κ1) is 25.6. The Morgan fingerprint density at radius 3 is 2.39 bits per heavy atom. The lowest BCUT2D eigenvalue weighted by atomic mass is 9.59. The molecule has 3 aromatic rings. The van der Waals surface area contributed by atoms with Crippen LogP contribution >= 0.6 is 23.2 Å². The van der Waals surface area contributed by atoms with Crippen LogP contribution in [0.25, 0.3) is 11.3 Å². The van der Waals surface area contributed by atoms with E-state index in [0.29, 0.717) is 40.4 Å². The summed E-state index contributed by atoms with van der Waals surface area (Å²) in [4.78, 5) is 15.1. The van der Waals surface area contributed by atoms with Crippen LogP contribution in [-0.4, -0.2) is 33.4 Å². The van der Waals surface area contributed by atoms with Gasteiger partial charge in [0.15, 0.2) is 11.6 Å². The standard InChI is InChI=1S/C28H27Cl2FN2O5/c29-19-12-32-13-20(30)23(19)24-18(25(38-33-24)16-1-2-16)14-37-28-8-5-27(6-9-28,7-10-28)15-36-22-4-3-17(26(34)35)11-21(22)31/h3-4,11-13,16H,1-2,5-10,14-15H2,(H,34,35). The van der Waals surface area contributed by atoms with E-state index >= 15 is 0 Å². The van der Waals surface area contributed by atoms with Gasteiger partial charge in [-0.1, -0.05) is 28.4 Å². The summed E-state index contributed by atoms with van der Waals surface area (Å²) < 4.78 is 32.7. The molecule has 0 atom stereocenters. The van der Waals surface area contributed by atoms with E-state index in [-0.39, 0.29) is 22.3 Å². The topological polar surface area (TPSA) is 94.7 Å². The molecule has 0 aliphatic heterocycles. The normalized spacial score (nSPS) is 24.5. The maximum Gasteiger partial charge on any atom is 0.335 e. The Morgan fingerprint density at radius 1 is 1.11 bits per heavy atom. The molecule has 1 N–H and O–H groups in total. The summed E-state index contributed by atoms with van der Waals surface area (Å²) >= 11 is 12.9. The molecule has 0 saturated heterocycles. The Morgan fingerprint density at radius 2 is 1.79 bits per heavy atom. The van der Waals surface area contributed by atoms with Gasteiger partial charge < -0.3 is 19.1 Å². The smallest absolute Gasteiger partial charge is 0.335 e. The lowest BCUT2D eigenvalue weighted by Crippen LogP contribution is -2.49. The van der Waals surface area contributed by atoms with Crippen LogP contribution in [0.3, 0.4) is 0 Å². The van der Waals surface area contributed by atoms with Crippen LogP contribution in [0.1, 0.15) is 79.0 Å². The van der Waals surface area contributed by atoms with Gasteiger partial charge in [-0.2, -0.15) is 0 Å². The van der Waals surface area contributed by atoms with Gasteiger partial charge >= 0.3 is 5.97 Å². The van der Waals surface area contributed by atoms with Crippen molar-refractivity contribution in [3.63, 3.8) is 0 Å². The first-order valence-corrected chi connectivity index (χ1v) is 13.6. The van der Waals surface area contributed by atoms with Crippen LogP contribution in [0.15, 0.2) is 35.1 Å². The number of carboxylic acids is 1. The Hall–Kier alpha value is -2.68. The van der Waals surface area contributed by atoms with Crippen molar-refractivity contribution in [1.29, 1.82) is 0 Å². The first-order valence-electron chi connectivity index (χ1n) is 12.9. The number of rotatable bonds is 9.